The Kier molecular flexibility index (Phi) is 4.98. The van der Waals surface area contributed by atoms with Gasteiger partial charge < -0.3 is 20.5 Å². The third-order valence-electron chi connectivity index (χ3n) is 3.33. The number of carbonyl (C=O) groups is 3. The Labute approximate surface area is 127 Å². The van der Waals surface area contributed by atoms with E-state index in [0.29, 0.717) is 17.9 Å². The molecule has 0 saturated carbocycles. The molecule has 22 heavy (non-hydrogen) atoms. The SMILES string of the molecule is CCCCC(NC(=O)c1ccc2c(c1)OCC(=O)N2)C(=O)O. The summed E-state index contributed by atoms with van der Waals surface area (Å²) in [5, 5.41) is 14.3. The first kappa shape index (κ1) is 15.8. The Morgan fingerprint density at radius 2 is 2.23 bits per heavy atom. The Hall–Kier alpha value is -2.57. The summed E-state index contributed by atoms with van der Waals surface area (Å²) >= 11 is 0. The van der Waals surface area contributed by atoms with E-state index in [-0.39, 0.29) is 18.1 Å². The van der Waals surface area contributed by atoms with Crippen molar-refractivity contribution in [3.05, 3.63) is 23.8 Å². The molecule has 1 aliphatic heterocycles. The Balaban J connectivity index is 2.09. The fourth-order valence-electron chi connectivity index (χ4n) is 2.12. The van der Waals surface area contributed by atoms with E-state index in [4.69, 9.17) is 9.84 Å². The maximum absolute atomic E-state index is 12.2. The smallest absolute Gasteiger partial charge is 0.326 e. The van der Waals surface area contributed by atoms with Crippen LogP contribution in [0.4, 0.5) is 5.69 Å². The van der Waals surface area contributed by atoms with Crippen molar-refractivity contribution in [1.82, 2.24) is 5.32 Å². The van der Waals surface area contributed by atoms with E-state index in [0.717, 1.165) is 12.8 Å². The second kappa shape index (κ2) is 6.93. The van der Waals surface area contributed by atoms with Crippen molar-refractivity contribution in [2.75, 3.05) is 11.9 Å². The number of unbranched alkanes of at least 4 members (excludes halogenated alkanes) is 1. The standard InChI is InChI=1S/C15H18N2O5/c1-2-3-4-11(15(20)21)17-14(19)9-5-6-10-12(7-9)22-8-13(18)16-10/h5-7,11H,2-4,8H2,1H3,(H,16,18)(H,17,19)(H,20,21). The minimum Gasteiger partial charge on any atom is -0.482 e. The highest BCUT2D eigenvalue weighted by Crippen LogP contribution is 2.28. The van der Waals surface area contributed by atoms with Gasteiger partial charge in [0.1, 0.15) is 11.8 Å². The molecule has 0 saturated heterocycles. The number of fused-ring (bicyclic) bond motifs is 1. The quantitative estimate of drug-likeness (QED) is 0.736. The molecule has 7 nitrogen and oxygen atoms in total. The van der Waals surface area contributed by atoms with Crippen LogP contribution < -0.4 is 15.4 Å². The molecule has 1 aromatic rings. The molecule has 0 spiro atoms. The van der Waals surface area contributed by atoms with Gasteiger partial charge in [-0.3, -0.25) is 9.59 Å². The van der Waals surface area contributed by atoms with Crippen LogP contribution in [0.5, 0.6) is 5.75 Å². The van der Waals surface area contributed by atoms with Gasteiger partial charge in [0.15, 0.2) is 6.61 Å². The topological polar surface area (TPSA) is 105 Å². The predicted molar refractivity (Wildman–Crippen MR) is 79.0 cm³/mol. The Morgan fingerprint density at radius 3 is 2.91 bits per heavy atom. The molecule has 3 N–H and O–H groups in total. The van der Waals surface area contributed by atoms with Crippen molar-refractivity contribution < 1.29 is 24.2 Å². The third-order valence-corrected chi connectivity index (χ3v) is 3.33. The molecule has 0 aromatic heterocycles. The van der Waals surface area contributed by atoms with Gasteiger partial charge in [-0.15, -0.1) is 0 Å². The normalized spacial score (nSPS) is 14.3. The van der Waals surface area contributed by atoms with Crippen LogP contribution in [0, 0.1) is 0 Å². The van der Waals surface area contributed by atoms with E-state index in [1.807, 2.05) is 6.92 Å². The summed E-state index contributed by atoms with van der Waals surface area (Å²) in [5.41, 5.74) is 0.784. The molecule has 2 amide bonds. The number of benzene rings is 1. The molecule has 2 rings (SSSR count). The van der Waals surface area contributed by atoms with Gasteiger partial charge in [0.25, 0.3) is 11.8 Å². The number of ether oxygens (including phenoxy) is 1. The second-order valence-electron chi connectivity index (χ2n) is 5.05. The van der Waals surface area contributed by atoms with Gasteiger partial charge in [0.05, 0.1) is 5.69 Å². The van der Waals surface area contributed by atoms with Crippen molar-refractivity contribution >= 4 is 23.5 Å². The van der Waals surface area contributed by atoms with Crippen LogP contribution in [0.2, 0.25) is 0 Å². The number of aliphatic carboxylic acids is 1. The molecule has 0 bridgehead atoms. The highest BCUT2D eigenvalue weighted by atomic mass is 16.5. The highest BCUT2D eigenvalue weighted by Gasteiger charge is 2.22. The molecule has 1 atom stereocenters. The van der Waals surface area contributed by atoms with Crippen LogP contribution in [-0.2, 0) is 9.59 Å². The minimum absolute atomic E-state index is 0.105. The van der Waals surface area contributed by atoms with Crippen LogP contribution in [0.15, 0.2) is 18.2 Å². The van der Waals surface area contributed by atoms with Gasteiger partial charge in [-0.05, 0) is 24.6 Å². The maximum Gasteiger partial charge on any atom is 0.326 e. The molecule has 0 radical (unpaired) electrons. The van der Waals surface area contributed by atoms with E-state index in [2.05, 4.69) is 10.6 Å². The van der Waals surface area contributed by atoms with Gasteiger partial charge in [0.2, 0.25) is 0 Å². The number of hydrogen-bond donors (Lipinski definition) is 3. The summed E-state index contributed by atoms with van der Waals surface area (Å²) in [6.07, 6.45) is 1.96. The monoisotopic (exact) mass is 306 g/mol. The lowest BCUT2D eigenvalue weighted by atomic mass is 10.1. The average molecular weight is 306 g/mol. The number of rotatable bonds is 6. The number of nitrogens with one attached hydrogen (secondary N) is 2. The van der Waals surface area contributed by atoms with Gasteiger partial charge in [-0.1, -0.05) is 19.8 Å². The van der Waals surface area contributed by atoms with Crippen LogP contribution in [-0.4, -0.2) is 35.5 Å². The lowest BCUT2D eigenvalue weighted by Gasteiger charge is -2.19. The van der Waals surface area contributed by atoms with Crippen LogP contribution >= 0.6 is 0 Å². The molecular weight excluding hydrogens is 288 g/mol. The van der Waals surface area contributed by atoms with Crippen molar-refractivity contribution in [3.63, 3.8) is 0 Å². The average Bonchev–Trinajstić information content (AvgIpc) is 2.50. The minimum atomic E-state index is -1.05. The second-order valence-corrected chi connectivity index (χ2v) is 5.05. The number of carboxylic acid groups (broad SMARTS) is 1. The Morgan fingerprint density at radius 1 is 1.45 bits per heavy atom. The number of carboxylic acids is 1. The number of anilines is 1. The van der Waals surface area contributed by atoms with E-state index in [1.165, 1.54) is 12.1 Å². The van der Waals surface area contributed by atoms with Crippen molar-refractivity contribution in [2.45, 2.75) is 32.2 Å². The van der Waals surface area contributed by atoms with Crippen molar-refractivity contribution in [3.8, 4) is 5.75 Å². The van der Waals surface area contributed by atoms with Crippen LogP contribution in [0.1, 0.15) is 36.5 Å². The lowest BCUT2D eigenvalue weighted by molar-refractivity contribution is -0.139. The first-order valence-corrected chi connectivity index (χ1v) is 7.11. The molecule has 1 unspecified atom stereocenters. The summed E-state index contributed by atoms with van der Waals surface area (Å²) in [6, 6.07) is 3.65. The lowest BCUT2D eigenvalue weighted by Crippen LogP contribution is -2.40. The molecule has 7 heteroatoms. The van der Waals surface area contributed by atoms with E-state index >= 15 is 0 Å². The zero-order valence-corrected chi connectivity index (χ0v) is 12.2. The molecule has 118 valence electrons. The number of carbonyl (C=O) groups excluding carboxylic acids is 2. The van der Waals surface area contributed by atoms with Gasteiger partial charge in [-0.25, -0.2) is 4.79 Å². The van der Waals surface area contributed by atoms with Gasteiger partial charge in [-0.2, -0.15) is 0 Å². The van der Waals surface area contributed by atoms with E-state index in [9.17, 15) is 14.4 Å². The van der Waals surface area contributed by atoms with Gasteiger partial charge >= 0.3 is 5.97 Å². The first-order chi connectivity index (χ1) is 10.5. The molecule has 0 aliphatic carbocycles. The summed E-state index contributed by atoms with van der Waals surface area (Å²) in [4.78, 5) is 34.5. The number of hydrogen-bond acceptors (Lipinski definition) is 4. The molecule has 0 fully saturated rings. The first-order valence-electron chi connectivity index (χ1n) is 7.11. The summed E-state index contributed by atoms with van der Waals surface area (Å²) in [5.74, 6) is -1.39. The van der Waals surface area contributed by atoms with E-state index < -0.39 is 17.9 Å². The molecular formula is C15H18N2O5. The maximum atomic E-state index is 12.2. The van der Waals surface area contributed by atoms with Crippen LogP contribution in [0.25, 0.3) is 0 Å². The summed E-state index contributed by atoms with van der Waals surface area (Å²) in [7, 11) is 0. The zero-order chi connectivity index (χ0) is 16.1. The largest absolute Gasteiger partial charge is 0.482 e. The van der Waals surface area contributed by atoms with Crippen molar-refractivity contribution in [1.29, 1.82) is 0 Å². The summed E-state index contributed by atoms with van der Waals surface area (Å²) < 4.78 is 5.24. The molecule has 1 heterocycles. The third kappa shape index (κ3) is 3.75. The Bertz CT molecular complexity index is 600. The van der Waals surface area contributed by atoms with Gasteiger partial charge in [0, 0.05) is 5.56 Å². The fourth-order valence-corrected chi connectivity index (χ4v) is 2.12. The van der Waals surface area contributed by atoms with Crippen LogP contribution in [0.3, 0.4) is 0 Å². The number of amides is 2. The zero-order valence-electron chi connectivity index (χ0n) is 12.2. The summed E-state index contributed by atoms with van der Waals surface area (Å²) in [6.45, 7) is 1.85. The predicted octanol–water partition coefficient (Wildman–Crippen LogP) is 1.39. The van der Waals surface area contributed by atoms with E-state index in [1.54, 1.807) is 6.07 Å². The fraction of sp³-hybridized carbons (Fsp3) is 0.400. The van der Waals surface area contributed by atoms with Crippen molar-refractivity contribution in [2.24, 2.45) is 0 Å². The molecule has 1 aliphatic rings. The molecule has 1 aromatic carbocycles. The highest BCUT2D eigenvalue weighted by molar-refractivity contribution is 6.00.